The maximum atomic E-state index is 14.8. The summed E-state index contributed by atoms with van der Waals surface area (Å²) in [6.07, 6.45) is 0.963. The molecule has 0 aromatic rings. The summed E-state index contributed by atoms with van der Waals surface area (Å²) in [6.45, 7) is 9.24. The smallest absolute Gasteiger partial charge is 0.225 e. The van der Waals surface area contributed by atoms with Crippen LogP contribution in [0.3, 0.4) is 0 Å². The molecule has 110 valence electrons. The summed E-state index contributed by atoms with van der Waals surface area (Å²) in [5.41, 5.74) is -1.11. The third-order valence-corrected chi connectivity index (χ3v) is 4.18. The first-order valence-corrected chi connectivity index (χ1v) is 7.41. The molecule has 2 heterocycles. The SMILES string of the molecule is CC(C)C(=O)N1CCC(F)(CN2CCNCC2)CC1. The molecule has 0 bridgehead atoms. The molecule has 0 atom stereocenters. The zero-order chi connectivity index (χ0) is 13.9. The van der Waals surface area contributed by atoms with Crippen molar-refractivity contribution in [3.05, 3.63) is 0 Å². The van der Waals surface area contributed by atoms with Crippen LogP contribution >= 0.6 is 0 Å². The zero-order valence-corrected chi connectivity index (χ0v) is 12.1. The summed E-state index contributed by atoms with van der Waals surface area (Å²) in [5.74, 6) is 0.171. The monoisotopic (exact) mass is 271 g/mol. The molecule has 0 radical (unpaired) electrons. The predicted octanol–water partition coefficient (Wildman–Crippen LogP) is 0.878. The van der Waals surface area contributed by atoms with Crippen LogP contribution < -0.4 is 5.32 Å². The fourth-order valence-electron chi connectivity index (χ4n) is 2.92. The van der Waals surface area contributed by atoms with E-state index >= 15 is 0 Å². The summed E-state index contributed by atoms with van der Waals surface area (Å²) in [7, 11) is 0. The van der Waals surface area contributed by atoms with Crippen molar-refractivity contribution in [3.8, 4) is 0 Å². The number of nitrogens with one attached hydrogen (secondary N) is 1. The molecular formula is C14H26FN3O. The first-order valence-electron chi connectivity index (χ1n) is 7.41. The number of hydrogen-bond acceptors (Lipinski definition) is 3. The molecule has 1 N–H and O–H groups in total. The maximum absolute atomic E-state index is 14.8. The number of carbonyl (C=O) groups is 1. The normalized spacial score (nSPS) is 24.7. The largest absolute Gasteiger partial charge is 0.342 e. The molecule has 0 spiro atoms. The highest BCUT2D eigenvalue weighted by Gasteiger charge is 2.37. The average Bonchev–Trinajstić information content (AvgIpc) is 2.39. The first-order chi connectivity index (χ1) is 9.00. The Morgan fingerprint density at radius 2 is 1.79 bits per heavy atom. The van der Waals surface area contributed by atoms with Crippen molar-refractivity contribution in [1.29, 1.82) is 0 Å². The van der Waals surface area contributed by atoms with E-state index in [-0.39, 0.29) is 11.8 Å². The Bertz CT molecular complexity index is 308. The Morgan fingerprint density at radius 1 is 1.21 bits per heavy atom. The molecule has 2 aliphatic heterocycles. The third-order valence-electron chi connectivity index (χ3n) is 4.18. The molecule has 2 rings (SSSR count). The van der Waals surface area contributed by atoms with Crippen molar-refractivity contribution in [2.75, 3.05) is 45.8 Å². The van der Waals surface area contributed by atoms with E-state index in [0.717, 1.165) is 26.2 Å². The minimum Gasteiger partial charge on any atom is -0.342 e. The van der Waals surface area contributed by atoms with E-state index in [0.29, 0.717) is 32.5 Å². The highest BCUT2D eigenvalue weighted by molar-refractivity contribution is 5.78. The number of rotatable bonds is 3. The molecule has 2 aliphatic rings. The lowest BCUT2D eigenvalue weighted by atomic mass is 9.92. The number of halogens is 1. The molecule has 0 saturated carbocycles. The molecule has 5 heteroatoms. The van der Waals surface area contributed by atoms with E-state index in [2.05, 4.69) is 10.2 Å². The molecule has 4 nitrogen and oxygen atoms in total. The van der Waals surface area contributed by atoms with E-state index in [1.54, 1.807) is 0 Å². The summed E-state index contributed by atoms with van der Waals surface area (Å²) in [5, 5.41) is 3.28. The van der Waals surface area contributed by atoms with E-state index in [1.165, 1.54) is 0 Å². The summed E-state index contributed by atoms with van der Waals surface area (Å²) in [6, 6.07) is 0. The number of carbonyl (C=O) groups excluding carboxylic acids is 1. The van der Waals surface area contributed by atoms with E-state index < -0.39 is 5.67 Å². The molecule has 0 aromatic heterocycles. The van der Waals surface area contributed by atoms with Gasteiger partial charge in [-0.3, -0.25) is 9.69 Å². The van der Waals surface area contributed by atoms with Gasteiger partial charge in [-0.1, -0.05) is 13.8 Å². The minimum absolute atomic E-state index is 0.0141. The first kappa shape index (κ1) is 14.7. The second kappa shape index (κ2) is 6.18. The molecule has 2 fully saturated rings. The van der Waals surface area contributed by atoms with Gasteiger partial charge in [-0.15, -0.1) is 0 Å². The second-order valence-corrected chi connectivity index (χ2v) is 6.16. The van der Waals surface area contributed by atoms with Gasteiger partial charge in [-0.25, -0.2) is 4.39 Å². The van der Waals surface area contributed by atoms with Crippen molar-refractivity contribution in [1.82, 2.24) is 15.1 Å². The van der Waals surface area contributed by atoms with Crippen molar-refractivity contribution < 1.29 is 9.18 Å². The number of amides is 1. The Labute approximate surface area is 115 Å². The van der Waals surface area contributed by atoms with Gasteiger partial charge >= 0.3 is 0 Å². The number of hydrogen-bond donors (Lipinski definition) is 1. The molecule has 1 amide bonds. The van der Waals surface area contributed by atoms with Gasteiger partial charge in [0.15, 0.2) is 0 Å². The Hall–Kier alpha value is -0.680. The lowest BCUT2D eigenvalue weighted by Gasteiger charge is -2.40. The van der Waals surface area contributed by atoms with Crippen molar-refractivity contribution in [2.45, 2.75) is 32.4 Å². The molecule has 0 unspecified atom stereocenters. The number of piperazine rings is 1. The second-order valence-electron chi connectivity index (χ2n) is 6.16. The van der Waals surface area contributed by atoms with Crippen LogP contribution in [0.25, 0.3) is 0 Å². The van der Waals surface area contributed by atoms with Gasteiger partial charge in [0, 0.05) is 64.6 Å². The summed E-state index contributed by atoms with van der Waals surface area (Å²) in [4.78, 5) is 15.9. The summed E-state index contributed by atoms with van der Waals surface area (Å²) >= 11 is 0. The third kappa shape index (κ3) is 3.89. The number of likely N-dealkylation sites (tertiary alicyclic amines) is 1. The molecular weight excluding hydrogens is 245 g/mol. The van der Waals surface area contributed by atoms with Crippen LogP contribution in [-0.2, 0) is 4.79 Å². The molecule has 19 heavy (non-hydrogen) atoms. The lowest BCUT2D eigenvalue weighted by Crippen LogP contribution is -2.53. The topological polar surface area (TPSA) is 35.6 Å². The quantitative estimate of drug-likeness (QED) is 0.827. The summed E-state index contributed by atoms with van der Waals surface area (Å²) < 4.78 is 14.8. The van der Waals surface area contributed by atoms with Crippen LogP contribution in [0.4, 0.5) is 4.39 Å². The molecule has 0 aliphatic carbocycles. The Balaban J connectivity index is 1.82. The van der Waals surface area contributed by atoms with Crippen LogP contribution in [0.15, 0.2) is 0 Å². The van der Waals surface area contributed by atoms with Gasteiger partial charge < -0.3 is 10.2 Å². The fourth-order valence-corrected chi connectivity index (χ4v) is 2.92. The molecule has 0 aromatic carbocycles. The van der Waals surface area contributed by atoms with E-state index in [1.807, 2.05) is 18.7 Å². The van der Waals surface area contributed by atoms with Crippen LogP contribution in [0.2, 0.25) is 0 Å². The average molecular weight is 271 g/mol. The van der Waals surface area contributed by atoms with Gasteiger partial charge in [0.25, 0.3) is 0 Å². The lowest BCUT2D eigenvalue weighted by molar-refractivity contribution is -0.137. The Morgan fingerprint density at radius 3 is 2.32 bits per heavy atom. The van der Waals surface area contributed by atoms with Gasteiger partial charge in [-0.05, 0) is 0 Å². The van der Waals surface area contributed by atoms with Crippen molar-refractivity contribution >= 4 is 5.91 Å². The van der Waals surface area contributed by atoms with E-state index in [9.17, 15) is 9.18 Å². The van der Waals surface area contributed by atoms with E-state index in [4.69, 9.17) is 0 Å². The highest BCUT2D eigenvalue weighted by atomic mass is 19.1. The highest BCUT2D eigenvalue weighted by Crippen LogP contribution is 2.28. The zero-order valence-electron chi connectivity index (χ0n) is 12.1. The Kier molecular flexibility index (Phi) is 4.79. The van der Waals surface area contributed by atoms with Crippen molar-refractivity contribution in [2.24, 2.45) is 5.92 Å². The number of nitrogens with zero attached hydrogens (tertiary/aromatic N) is 2. The van der Waals surface area contributed by atoms with Crippen molar-refractivity contribution in [3.63, 3.8) is 0 Å². The minimum atomic E-state index is -1.11. The predicted molar refractivity (Wildman–Crippen MR) is 73.8 cm³/mol. The number of piperidine rings is 1. The van der Waals surface area contributed by atoms with Crippen LogP contribution in [0, 0.1) is 5.92 Å². The maximum Gasteiger partial charge on any atom is 0.225 e. The van der Waals surface area contributed by atoms with Gasteiger partial charge in [0.1, 0.15) is 5.67 Å². The standard InChI is InChI=1S/C14H26FN3O/c1-12(2)13(19)18-7-3-14(15,4-8-18)11-17-9-5-16-6-10-17/h12,16H,3-11H2,1-2H3. The fraction of sp³-hybridized carbons (Fsp3) is 0.929. The van der Waals surface area contributed by atoms with Crippen LogP contribution in [0.1, 0.15) is 26.7 Å². The van der Waals surface area contributed by atoms with Crippen LogP contribution in [0.5, 0.6) is 0 Å². The van der Waals surface area contributed by atoms with Gasteiger partial charge in [0.2, 0.25) is 5.91 Å². The van der Waals surface area contributed by atoms with Gasteiger partial charge in [0.05, 0.1) is 0 Å². The van der Waals surface area contributed by atoms with Crippen LogP contribution in [-0.4, -0.2) is 67.2 Å². The van der Waals surface area contributed by atoms with Gasteiger partial charge in [-0.2, -0.15) is 0 Å². The molecule has 2 saturated heterocycles. The number of alkyl halides is 1.